The highest BCUT2D eigenvalue weighted by atomic mass is 35.5. The van der Waals surface area contributed by atoms with Crippen molar-refractivity contribution in [1.29, 1.82) is 0 Å². The van der Waals surface area contributed by atoms with Crippen LogP contribution in [0.5, 0.6) is 0 Å². The van der Waals surface area contributed by atoms with E-state index in [0.29, 0.717) is 36.2 Å². The number of nitrogens with zero attached hydrogens (tertiary/aromatic N) is 1. The minimum Gasteiger partial charge on any atom is -0.383 e. The Morgan fingerprint density at radius 3 is 2.59 bits per heavy atom. The molecular formula is C19H25ClN4O2S. The topological polar surface area (TPSA) is 85.8 Å². The number of guanidine groups is 1. The summed E-state index contributed by atoms with van der Waals surface area (Å²) >= 11 is 7.52. The molecule has 1 amide bonds. The van der Waals surface area contributed by atoms with Crippen molar-refractivity contribution in [3.05, 3.63) is 57.2 Å². The zero-order chi connectivity index (χ0) is 19.7. The number of benzene rings is 1. The van der Waals surface area contributed by atoms with Gasteiger partial charge in [0.1, 0.15) is 5.60 Å². The summed E-state index contributed by atoms with van der Waals surface area (Å²) in [7, 11) is 0. The number of rotatable bonds is 8. The number of hydrogen-bond donors (Lipinski definition) is 4. The molecule has 6 nitrogen and oxygen atoms in total. The van der Waals surface area contributed by atoms with Gasteiger partial charge in [-0.15, -0.1) is 11.3 Å². The lowest BCUT2D eigenvalue weighted by Gasteiger charge is -2.20. The van der Waals surface area contributed by atoms with Gasteiger partial charge in [-0.25, -0.2) is 4.99 Å². The molecule has 1 aromatic carbocycles. The Labute approximate surface area is 168 Å². The summed E-state index contributed by atoms with van der Waals surface area (Å²) < 4.78 is 0. The Hall–Kier alpha value is -2.09. The molecule has 0 spiro atoms. The minimum absolute atomic E-state index is 0.218. The van der Waals surface area contributed by atoms with Crippen molar-refractivity contribution in [3.63, 3.8) is 0 Å². The Bertz CT molecular complexity index is 763. The molecule has 0 aliphatic heterocycles. The van der Waals surface area contributed by atoms with E-state index >= 15 is 0 Å². The molecule has 0 saturated heterocycles. The van der Waals surface area contributed by atoms with Crippen molar-refractivity contribution < 1.29 is 9.90 Å². The SMILES string of the molecule is CCNC(=NCC(C)(O)c1cccs1)NCCNC(=O)c1ccccc1Cl. The molecule has 0 saturated carbocycles. The summed E-state index contributed by atoms with van der Waals surface area (Å²) in [5, 5.41) is 22.0. The summed E-state index contributed by atoms with van der Waals surface area (Å²) in [6.07, 6.45) is 0. The molecule has 4 N–H and O–H groups in total. The number of hydrogen-bond acceptors (Lipinski definition) is 4. The van der Waals surface area contributed by atoms with Gasteiger partial charge in [-0.3, -0.25) is 4.79 Å². The van der Waals surface area contributed by atoms with Crippen LogP contribution in [0, 0.1) is 0 Å². The van der Waals surface area contributed by atoms with Crippen LogP contribution in [0.25, 0.3) is 0 Å². The molecule has 0 bridgehead atoms. The maximum atomic E-state index is 12.1. The molecule has 0 radical (unpaired) electrons. The van der Waals surface area contributed by atoms with E-state index in [4.69, 9.17) is 11.6 Å². The third-order valence-corrected chi connectivity index (χ3v) is 5.22. The van der Waals surface area contributed by atoms with E-state index in [0.717, 1.165) is 4.88 Å². The van der Waals surface area contributed by atoms with Gasteiger partial charge in [0, 0.05) is 24.5 Å². The maximum Gasteiger partial charge on any atom is 0.252 e. The Morgan fingerprint density at radius 2 is 1.93 bits per heavy atom. The zero-order valence-corrected chi connectivity index (χ0v) is 17.0. The average Bonchev–Trinajstić information content (AvgIpc) is 3.19. The molecule has 1 unspecified atom stereocenters. The van der Waals surface area contributed by atoms with Gasteiger partial charge in [-0.05, 0) is 37.4 Å². The van der Waals surface area contributed by atoms with E-state index in [2.05, 4.69) is 20.9 Å². The first-order valence-corrected chi connectivity index (χ1v) is 10.0. The van der Waals surface area contributed by atoms with Crippen LogP contribution in [0.3, 0.4) is 0 Å². The Balaban J connectivity index is 1.84. The predicted molar refractivity (Wildman–Crippen MR) is 112 cm³/mol. The van der Waals surface area contributed by atoms with Gasteiger partial charge in [0.2, 0.25) is 0 Å². The first-order valence-electron chi connectivity index (χ1n) is 8.75. The second-order valence-electron chi connectivity index (χ2n) is 6.11. The van der Waals surface area contributed by atoms with E-state index in [-0.39, 0.29) is 12.5 Å². The summed E-state index contributed by atoms with van der Waals surface area (Å²) in [5.41, 5.74) is -0.568. The van der Waals surface area contributed by atoms with E-state index in [1.807, 2.05) is 24.4 Å². The van der Waals surface area contributed by atoms with Gasteiger partial charge in [0.25, 0.3) is 5.91 Å². The van der Waals surface area contributed by atoms with Crippen LogP contribution in [-0.2, 0) is 5.60 Å². The number of thiophene rings is 1. The molecule has 27 heavy (non-hydrogen) atoms. The number of amides is 1. The smallest absolute Gasteiger partial charge is 0.252 e. The molecule has 2 aromatic rings. The van der Waals surface area contributed by atoms with Gasteiger partial charge >= 0.3 is 0 Å². The summed E-state index contributed by atoms with van der Waals surface area (Å²) in [6.45, 7) is 5.54. The van der Waals surface area contributed by atoms with Crippen molar-refractivity contribution in [2.24, 2.45) is 4.99 Å². The molecule has 146 valence electrons. The lowest BCUT2D eigenvalue weighted by atomic mass is 10.1. The third-order valence-electron chi connectivity index (χ3n) is 3.76. The predicted octanol–water partition coefficient (Wildman–Crippen LogP) is 2.59. The number of halogens is 1. The lowest BCUT2D eigenvalue weighted by molar-refractivity contribution is 0.0711. The largest absolute Gasteiger partial charge is 0.383 e. The number of aliphatic imine (C=N–C) groups is 1. The van der Waals surface area contributed by atoms with E-state index in [1.54, 1.807) is 31.2 Å². The fourth-order valence-corrected chi connectivity index (χ4v) is 3.34. The van der Waals surface area contributed by atoms with Crippen molar-refractivity contribution in [2.75, 3.05) is 26.2 Å². The Kier molecular flexibility index (Phi) is 8.09. The highest BCUT2D eigenvalue weighted by molar-refractivity contribution is 7.10. The standard InChI is InChI=1S/C19H25ClN4O2S/c1-3-21-18(24-13-19(2,26)16-9-6-12-27-16)23-11-10-22-17(25)14-7-4-5-8-15(14)20/h4-9,12,26H,3,10-11,13H2,1-2H3,(H,22,25)(H2,21,23,24). The van der Waals surface area contributed by atoms with E-state index in [1.165, 1.54) is 11.3 Å². The minimum atomic E-state index is -1.02. The van der Waals surface area contributed by atoms with Crippen LogP contribution < -0.4 is 16.0 Å². The van der Waals surface area contributed by atoms with Gasteiger partial charge in [0.15, 0.2) is 5.96 Å². The van der Waals surface area contributed by atoms with Crippen LogP contribution in [-0.4, -0.2) is 43.2 Å². The van der Waals surface area contributed by atoms with Crippen molar-refractivity contribution >= 4 is 34.8 Å². The molecule has 1 aromatic heterocycles. The summed E-state index contributed by atoms with van der Waals surface area (Å²) in [4.78, 5) is 17.4. The number of nitrogens with one attached hydrogen (secondary N) is 3. The first kappa shape index (κ1) is 21.2. The second kappa shape index (κ2) is 10.3. The van der Waals surface area contributed by atoms with Gasteiger partial charge in [0.05, 0.1) is 17.1 Å². The summed E-state index contributed by atoms with van der Waals surface area (Å²) in [6, 6.07) is 10.7. The van der Waals surface area contributed by atoms with Gasteiger partial charge in [-0.1, -0.05) is 29.8 Å². The van der Waals surface area contributed by atoms with Crippen LogP contribution in [0.4, 0.5) is 0 Å². The van der Waals surface area contributed by atoms with E-state index < -0.39 is 5.60 Å². The quantitative estimate of drug-likeness (QED) is 0.307. The second-order valence-corrected chi connectivity index (χ2v) is 7.46. The van der Waals surface area contributed by atoms with Gasteiger partial charge in [-0.2, -0.15) is 0 Å². The van der Waals surface area contributed by atoms with Crippen LogP contribution in [0.15, 0.2) is 46.8 Å². The highest BCUT2D eigenvalue weighted by Gasteiger charge is 2.23. The van der Waals surface area contributed by atoms with Crippen LogP contribution in [0.2, 0.25) is 5.02 Å². The molecule has 1 heterocycles. The lowest BCUT2D eigenvalue weighted by Crippen LogP contribution is -2.42. The van der Waals surface area contributed by atoms with E-state index in [9.17, 15) is 9.90 Å². The third kappa shape index (κ3) is 6.53. The Morgan fingerprint density at radius 1 is 1.19 bits per heavy atom. The van der Waals surface area contributed by atoms with Crippen molar-refractivity contribution in [1.82, 2.24) is 16.0 Å². The molecule has 0 fully saturated rings. The molecule has 8 heteroatoms. The number of aliphatic hydroxyl groups is 1. The first-order chi connectivity index (χ1) is 12.9. The fraction of sp³-hybridized carbons (Fsp3) is 0.368. The fourth-order valence-electron chi connectivity index (χ4n) is 2.34. The molecule has 1 atom stereocenters. The number of carbonyl (C=O) groups is 1. The summed E-state index contributed by atoms with van der Waals surface area (Å²) in [5.74, 6) is 0.367. The molecule has 0 aliphatic carbocycles. The van der Waals surface area contributed by atoms with Crippen LogP contribution >= 0.6 is 22.9 Å². The average molecular weight is 409 g/mol. The molecule has 0 aliphatic rings. The van der Waals surface area contributed by atoms with Crippen molar-refractivity contribution in [2.45, 2.75) is 19.4 Å². The monoisotopic (exact) mass is 408 g/mol. The van der Waals surface area contributed by atoms with Crippen molar-refractivity contribution in [3.8, 4) is 0 Å². The van der Waals surface area contributed by atoms with Gasteiger partial charge < -0.3 is 21.1 Å². The maximum absolute atomic E-state index is 12.1. The van der Waals surface area contributed by atoms with Crippen LogP contribution in [0.1, 0.15) is 29.1 Å². The molecule has 2 rings (SSSR count). The highest BCUT2D eigenvalue weighted by Crippen LogP contribution is 2.25. The zero-order valence-electron chi connectivity index (χ0n) is 15.5. The number of carbonyl (C=O) groups excluding carboxylic acids is 1. The molecular weight excluding hydrogens is 384 g/mol. The normalized spacial score (nSPS) is 13.7.